The van der Waals surface area contributed by atoms with Crippen LogP contribution in [0.15, 0.2) is 46.3 Å². The maximum absolute atomic E-state index is 12.9. The minimum Gasteiger partial charge on any atom is -0.478 e. The van der Waals surface area contributed by atoms with Gasteiger partial charge in [0.1, 0.15) is 29.9 Å². The summed E-state index contributed by atoms with van der Waals surface area (Å²) >= 11 is 2.41. The first-order valence-corrected chi connectivity index (χ1v) is 11.9. The highest BCUT2D eigenvalue weighted by atomic mass is 32.2. The Hall–Kier alpha value is -3.98. The first kappa shape index (κ1) is 24.2. The van der Waals surface area contributed by atoms with E-state index in [2.05, 4.69) is 15.5 Å². The van der Waals surface area contributed by atoms with Gasteiger partial charge in [0, 0.05) is 28.8 Å². The van der Waals surface area contributed by atoms with E-state index >= 15 is 0 Å². The van der Waals surface area contributed by atoms with Crippen LogP contribution >= 0.6 is 23.1 Å². The molecule has 13 nitrogen and oxygen atoms in total. The van der Waals surface area contributed by atoms with Gasteiger partial charge in [-0.15, -0.1) is 23.1 Å². The summed E-state index contributed by atoms with van der Waals surface area (Å²) in [4.78, 5) is 58.7. The number of carboxylic acid groups (broad SMARTS) is 2. The average molecular weight is 520 g/mol. The lowest BCUT2D eigenvalue weighted by atomic mass is 10.0. The molecular weight excluding hydrogens is 500 g/mol. The van der Waals surface area contributed by atoms with E-state index < -0.39 is 35.2 Å². The molecule has 0 aromatic carbocycles. The third kappa shape index (κ3) is 4.67. The predicted molar refractivity (Wildman–Crippen MR) is 123 cm³/mol. The Kier molecular flexibility index (Phi) is 6.70. The monoisotopic (exact) mass is 519 g/mol. The highest BCUT2D eigenvalue weighted by Gasteiger charge is 2.54. The maximum Gasteiger partial charge on any atom is 0.352 e. The Morgan fingerprint density at radius 3 is 2.60 bits per heavy atom. The number of aliphatic carboxylic acids is 1. The number of carboxylic acids is 2. The largest absolute Gasteiger partial charge is 0.478 e. The first-order chi connectivity index (χ1) is 16.7. The van der Waals surface area contributed by atoms with Gasteiger partial charge in [0.05, 0.1) is 5.56 Å². The number of thioether (sulfide) groups is 1. The molecule has 2 amide bonds. The molecule has 2 aliphatic heterocycles. The quantitative estimate of drug-likeness (QED) is 0.153. The molecule has 2 aromatic rings. The van der Waals surface area contributed by atoms with Crippen LogP contribution in [0.25, 0.3) is 0 Å². The van der Waals surface area contributed by atoms with Crippen molar-refractivity contribution >= 4 is 57.7 Å². The number of hydrogen-bond donors (Lipinski definition) is 4. The molecule has 182 valence electrons. The second kappa shape index (κ2) is 9.71. The van der Waals surface area contributed by atoms with Crippen molar-refractivity contribution in [3.8, 4) is 0 Å². The van der Waals surface area contributed by atoms with E-state index in [0.29, 0.717) is 5.57 Å². The molecule has 15 heteroatoms. The number of nitrogens with zero attached hydrogens (tertiary/aromatic N) is 4. The Morgan fingerprint density at radius 1 is 1.31 bits per heavy atom. The molecule has 0 radical (unpaired) electrons. The molecule has 5 N–H and O–H groups in total. The summed E-state index contributed by atoms with van der Waals surface area (Å²) < 4.78 is 1.63. The van der Waals surface area contributed by atoms with Crippen LogP contribution in [0.4, 0.5) is 5.13 Å². The van der Waals surface area contributed by atoms with E-state index in [9.17, 15) is 24.3 Å². The molecule has 0 spiro atoms. The Morgan fingerprint density at radius 2 is 2.03 bits per heavy atom. The number of nitrogen functional groups attached to an aromatic ring is 1. The van der Waals surface area contributed by atoms with Gasteiger partial charge in [-0.25, -0.2) is 19.1 Å². The van der Waals surface area contributed by atoms with E-state index in [1.165, 1.54) is 48.8 Å². The minimum atomic E-state index is -1.27. The number of amides is 2. The zero-order chi connectivity index (χ0) is 25.3. The number of carbonyl (C=O) groups excluding carboxylic acids is 2. The number of anilines is 1. The van der Waals surface area contributed by atoms with Crippen LogP contribution in [0.3, 0.4) is 0 Å². The molecule has 2 aromatic heterocycles. The summed E-state index contributed by atoms with van der Waals surface area (Å²) in [5.41, 5.74) is 6.06. The van der Waals surface area contributed by atoms with Gasteiger partial charge >= 0.3 is 11.9 Å². The van der Waals surface area contributed by atoms with Gasteiger partial charge in [-0.2, -0.15) is 0 Å². The SMILES string of the molecule is CO/N=C(\C(=O)N[C@@H]1C(=O)N2C(C(=O)O)=C(C[n+]3ccc(C(=O)O)cc3)CS[C@H]12)c1csc(N)n1. The second-order valence-corrected chi connectivity index (χ2v) is 9.37. The zero-order valence-electron chi connectivity index (χ0n) is 18.1. The van der Waals surface area contributed by atoms with Gasteiger partial charge in [-0.1, -0.05) is 5.16 Å². The van der Waals surface area contributed by atoms with Crippen molar-refractivity contribution in [3.63, 3.8) is 0 Å². The molecule has 35 heavy (non-hydrogen) atoms. The van der Waals surface area contributed by atoms with Crippen LogP contribution in [0.2, 0.25) is 0 Å². The fourth-order valence-electron chi connectivity index (χ4n) is 3.63. The summed E-state index contributed by atoms with van der Waals surface area (Å²) in [5.74, 6) is -3.35. The Balaban J connectivity index is 1.52. The van der Waals surface area contributed by atoms with Gasteiger partial charge in [-0.05, 0) is 0 Å². The van der Waals surface area contributed by atoms with Crippen molar-refractivity contribution in [2.45, 2.75) is 18.0 Å². The summed E-state index contributed by atoms with van der Waals surface area (Å²) in [5, 5.41) is 26.3. The lowest BCUT2D eigenvalue weighted by Gasteiger charge is -2.49. The minimum absolute atomic E-state index is 0.0972. The second-order valence-electron chi connectivity index (χ2n) is 7.38. The molecule has 0 saturated carbocycles. The number of fused-ring (bicyclic) bond motifs is 1. The van der Waals surface area contributed by atoms with Gasteiger partial charge < -0.3 is 26.1 Å². The summed E-state index contributed by atoms with van der Waals surface area (Å²) in [7, 11) is 1.26. The van der Waals surface area contributed by atoms with Crippen LogP contribution in [-0.4, -0.2) is 73.8 Å². The maximum atomic E-state index is 12.9. The number of aromatic carboxylic acids is 1. The third-order valence-electron chi connectivity index (χ3n) is 5.21. The van der Waals surface area contributed by atoms with Crippen molar-refractivity contribution in [1.29, 1.82) is 0 Å². The average Bonchev–Trinajstić information content (AvgIpc) is 3.26. The number of carbonyl (C=O) groups is 4. The smallest absolute Gasteiger partial charge is 0.352 e. The topological polar surface area (TPSA) is 188 Å². The molecule has 1 fully saturated rings. The predicted octanol–water partition coefficient (Wildman–Crippen LogP) is -0.500. The van der Waals surface area contributed by atoms with Crippen molar-refractivity contribution in [3.05, 3.63) is 52.4 Å². The molecule has 0 bridgehead atoms. The number of rotatable bonds is 8. The molecule has 0 unspecified atom stereocenters. The number of hydrogen-bond acceptors (Lipinski definition) is 10. The van der Waals surface area contributed by atoms with E-state index in [1.54, 1.807) is 4.57 Å². The lowest BCUT2D eigenvalue weighted by molar-refractivity contribution is -0.689. The van der Waals surface area contributed by atoms with Crippen LogP contribution in [-0.2, 0) is 25.8 Å². The van der Waals surface area contributed by atoms with Crippen molar-refractivity contribution in [1.82, 2.24) is 15.2 Å². The molecular formula is C20H19N6O7S2+. The molecule has 1 saturated heterocycles. The zero-order valence-corrected chi connectivity index (χ0v) is 19.7. The number of β-lactam (4-membered cyclic amide) rings is 1. The van der Waals surface area contributed by atoms with Crippen LogP contribution in [0.1, 0.15) is 16.1 Å². The van der Waals surface area contributed by atoms with E-state index in [4.69, 9.17) is 15.7 Å². The lowest BCUT2D eigenvalue weighted by Crippen LogP contribution is -2.71. The van der Waals surface area contributed by atoms with E-state index in [-0.39, 0.29) is 40.1 Å². The summed E-state index contributed by atoms with van der Waals surface area (Å²) in [6.07, 6.45) is 3.05. The summed E-state index contributed by atoms with van der Waals surface area (Å²) in [6.45, 7) is 0.151. The molecule has 4 heterocycles. The van der Waals surface area contributed by atoms with Crippen LogP contribution < -0.4 is 15.6 Å². The van der Waals surface area contributed by atoms with Gasteiger partial charge in [0.25, 0.3) is 11.8 Å². The number of nitrogens with one attached hydrogen (secondary N) is 1. The van der Waals surface area contributed by atoms with Gasteiger partial charge in [0.2, 0.25) is 0 Å². The third-order valence-corrected chi connectivity index (χ3v) is 7.22. The Bertz CT molecular complexity index is 1270. The number of nitrogens with two attached hydrogens (primary N) is 1. The molecule has 2 atom stereocenters. The highest BCUT2D eigenvalue weighted by molar-refractivity contribution is 8.00. The van der Waals surface area contributed by atoms with E-state index in [1.807, 2.05) is 0 Å². The van der Waals surface area contributed by atoms with Gasteiger partial charge in [-0.3, -0.25) is 14.5 Å². The number of oxime groups is 1. The number of aromatic nitrogens is 2. The summed E-state index contributed by atoms with van der Waals surface area (Å²) in [6, 6.07) is 1.83. The van der Waals surface area contributed by atoms with Crippen LogP contribution in [0, 0.1) is 0 Å². The fraction of sp³-hybridized carbons (Fsp3) is 0.250. The van der Waals surface area contributed by atoms with Gasteiger partial charge in [0.15, 0.2) is 29.8 Å². The van der Waals surface area contributed by atoms with Crippen LogP contribution in [0.5, 0.6) is 0 Å². The van der Waals surface area contributed by atoms with Crippen molar-refractivity contribution in [2.24, 2.45) is 5.16 Å². The number of pyridine rings is 1. The number of thiazole rings is 1. The fourth-order valence-corrected chi connectivity index (χ4v) is 5.52. The molecule has 2 aliphatic rings. The first-order valence-electron chi connectivity index (χ1n) is 9.97. The molecule has 0 aliphatic carbocycles. The highest BCUT2D eigenvalue weighted by Crippen LogP contribution is 2.40. The Labute approximate surface area is 205 Å². The standard InChI is InChI=1S/C20H18N6O7S2/c1-33-24-12(11-8-35-20(21)22-11)15(27)23-13-16(28)26-14(19(31)32)10(7-34-17(13)26)6-25-4-2-9(3-5-25)18(29)30/h2-5,8,13,17H,6-7H2,1H3,(H4-,21,22,23,27,29,30,31,32)/p+1/b24-12-/t13-,17-/m1/s1. The van der Waals surface area contributed by atoms with Crippen molar-refractivity contribution in [2.75, 3.05) is 18.6 Å². The van der Waals surface area contributed by atoms with Crippen molar-refractivity contribution < 1.29 is 38.8 Å². The normalized spacial score (nSPS) is 19.6. The molecule has 4 rings (SSSR count). The van der Waals surface area contributed by atoms with E-state index in [0.717, 1.165) is 16.2 Å².